The summed E-state index contributed by atoms with van der Waals surface area (Å²) >= 11 is 1.71. The van der Waals surface area contributed by atoms with Crippen molar-refractivity contribution in [1.82, 2.24) is 9.80 Å². The number of amides is 3. The summed E-state index contributed by atoms with van der Waals surface area (Å²) in [4.78, 5) is 45.3. The first-order chi connectivity index (χ1) is 12.1. The van der Waals surface area contributed by atoms with Crippen molar-refractivity contribution < 1.29 is 14.4 Å². The second-order valence-electron chi connectivity index (χ2n) is 6.59. The summed E-state index contributed by atoms with van der Waals surface area (Å²) in [7, 11) is 0. The summed E-state index contributed by atoms with van der Waals surface area (Å²) in [5.74, 6) is -0.772. The summed E-state index contributed by atoms with van der Waals surface area (Å²) in [6, 6.07) is 4.12. The highest BCUT2D eigenvalue weighted by Crippen LogP contribution is 2.50. The lowest BCUT2D eigenvalue weighted by atomic mass is 10.0. The van der Waals surface area contributed by atoms with Crippen LogP contribution in [0.15, 0.2) is 34.7 Å². The molecule has 1 saturated carbocycles. The molecule has 3 amide bonds. The molecule has 4 rings (SSSR count). The van der Waals surface area contributed by atoms with Crippen LogP contribution < -0.4 is 0 Å². The molecule has 6 nitrogen and oxygen atoms in total. The van der Waals surface area contributed by atoms with E-state index in [2.05, 4.69) is 11.1 Å². The first kappa shape index (κ1) is 16.2. The zero-order valence-electron chi connectivity index (χ0n) is 13.7. The molecule has 7 heteroatoms. The van der Waals surface area contributed by atoms with E-state index < -0.39 is 11.8 Å². The number of rotatable bonds is 3. The highest BCUT2D eigenvalue weighted by atomic mass is 32.1. The average Bonchev–Trinajstić information content (AvgIpc) is 3.25. The molecule has 2 fully saturated rings. The van der Waals surface area contributed by atoms with Gasteiger partial charge in [-0.05, 0) is 23.9 Å². The predicted molar refractivity (Wildman–Crippen MR) is 94.5 cm³/mol. The number of aliphatic imine (C=N–C) groups is 1. The fraction of sp³-hybridized carbons (Fsp3) is 0.444. The summed E-state index contributed by atoms with van der Waals surface area (Å²) in [6.45, 7) is 2.02. The van der Waals surface area contributed by atoms with Gasteiger partial charge in [0, 0.05) is 49.1 Å². The minimum absolute atomic E-state index is 0.0955. The number of nitrogens with zero attached hydrogens (tertiary/aromatic N) is 3. The van der Waals surface area contributed by atoms with Crippen LogP contribution in [0.5, 0.6) is 0 Å². The van der Waals surface area contributed by atoms with Crippen molar-refractivity contribution in [3.63, 3.8) is 0 Å². The van der Waals surface area contributed by atoms with E-state index in [9.17, 15) is 14.4 Å². The van der Waals surface area contributed by atoms with E-state index in [1.165, 1.54) is 11.1 Å². The van der Waals surface area contributed by atoms with Crippen LogP contribution in [0.4, 0.5) is 0 Å². The Bertz CT molecular complexity index is 748. The highest BCUT2D eigenvalue weighted by molar-refractivity contribution is 7.10. The molecule has 1 saturated heterocycles. The molecule has 1 aromatic heterocycles. The van der Waals surface area contributed by atoms with Gasteiger partial charge in [0.25, 0.3) is 5.91 Å². The Morgan fingerprint density at radius 3 is 2.48 bits per heavy atom. The van der Waals surface area contributed by atoms with Crippen molar-refractivity contribution in [3.8, 4) is 0 Å². The predicted octanol–water partition coefficient (Wildman–Crippen LogP) is 1.31. The van der Waals surface area contributed by atoms with Crippen molar-refractivity contribution in [1.29, 1.82) is 0 Å². The number of hydrogen-bond acceptors (Lipinski definition) is 4. The van der Waals surface area contributed by atoms with Gasteiger partial charge in [-0.15, -0.1) is 11.3 Å². The highest BCUT2D eigenvalue weighted by Gasteiger charge is 2.46. The number of dihydropyridines is 1. The van der Waals surface area contributed by atoms with E-state index in [4.69, 9.17) is 0 Å². The molecule has 130 valence electrons. The third-order valence-corrected chi connectivity index (χ3v) is 6.05. The quantitative estimate of drug-likeness (QED) is 0.766. The summed E-state index contributed by atoms with van der Waals surface area (Å²) in [5.41, 5.74) is 0. The first-order valence-corrected chi connectivity index (χ1v) is 9.39. The molecule has 0 radical (unpaired) electrons. The molecule has 3 heterocycles. The SMILES string of the molecule is O=C1N=CC=CC1C(=O)N1CCN(C(=O)C2CC2c2cccs2)CC1. The largest absolute Gasteiger partial charge is 0.339 e. The van der Waals surface area contributed by atoms with Crippen LogP contribution in [-0.4, -0.2) is 59.9 Å². The molecule has 3 aliphatic rings. The number of allylic oxidation sites excluding steroid dienone is 1. The lowest BCUT2D eigenvalue weighted by Gasteiger charge is -2.36. The number of thiophene rings is 1. The first-order valence-electron chi connectivity index (χ1n) is 8.51. The maximum absolute atomic E-state index is 12.6. The number of carbonyl (C=O) groups is 3. The van der Waals surface area contributed by atoms with Crippen molar-refractivity contribution in [2.75, 3.05) is 26.2 Å². The molecule has 3 atom stereocenters. The Labute approximate surface area is 149 Å². The van der Waals surface area contributed by atoms with Crippen LogP contribution in [0.25, 0.3) is 0 Å². The average molecular weight is 357 g/mol. The standard InChI is InChI=1S/C18H19N3O3S/c22-16-12(3-1-5-19-16)17(23)20-6-8-21(9-7-20)18(24)14-11-13(14)15-4-2-10-25-15/h1-5,10,12-14H,6-9,11H2. The van der Waals surface area contributed by atoms with Gasteiger partial charge < -0.3 is 9.80 Å². The van der Waals surface area contributed by atoms with E-state index in [-0.39, 0.29) is 17.7 Å². The van der Waals surface area contributed by atoms with E-state index in [0.717, 1.165) is 6.42 Å². The zero-order valence-corrected chi connectivity index (χ0v) is 14.5. The Hall–Kier alpha value is -2.28. The van der Waals surface area contributed by atoms with Gasteiger partial charge in [0.15, 0.2) is 0 Å². The Kier molecular flexibility index (Phi) is 4.25. The fourth-order valence-corrected chi connectivity index (χ4v) is 4.40. The molecule has 0 N–H and O–H groups in total. The second-order valence-corrected chi connectivity index (χ2v) is 7.57. The van der Waals surface area contributed by atoms with Gasteiger partial charge in [0.2, 0.25) is 11.8 Å². The Balaban J connectivity index is 1.31. The molecule has 2 aliphatic heterocycles. The topological polar surface area (TPSA) is 70.1 Å². The molecule has 0 bridgehead atoms. The number of hydrogen-bond donors (Lipinski definition) is 0. The molecule has 0 spiro atoms. The summed E-state index contributed by atoms with van der Waals surface area (Å²) in [5, 5.41) is 2.05. The fourth-order valence-electron chi connectivity index (χ4n) is 3.49. The van der Waals surface area contributed by atoms with Gasteiger partial charge in [-0.2, -0.15) is 0 Å². The maximum Gasteiger partial charge on any atom is 0.262 e. The maximum atomic E-state index is 12.6. The monoisotopic (exact) mass is 357 g/mol. The third-order valence-electron chi connectivity index (χ3n) is 5.04. The molecule has 1 aliphatic carbocycles. The van der Waals surface area contributed by atoms with Gasteiger partial charge >= 0.3 is 0 Å². The Morgan fingerprint density at radius 2 is 1.84 bits per heavy atom. The molecule has 3 unspecified atom stereocenters. The second kappa shape index (κ2) is 6.55. The minimum Gasteiger partial charge on any atom is -0.339 e. The van der Waals surface area contributed by atoms with Crippen LogP contribution >= 0.6 is 11.3 Å². The van der Waals surface area contributed by atoms with E-state index in [1.54, 1.807) is 28.4 Å². The van der Waals surface area contributed by atoms with Crippen molar-refractivity contribution in [2.45, 2.75) is 12.3 Å². The zero-order chi connectivity index (χ0) is 17.4. The van der Waals surface area contributed by atoms with Crippen LogP contribution in [0.2, 0.25) is 0 Å². The van der Waals surface area contributed by atoms with Crippen LogP contribution in [-0.2, 0) is 14.4 Å². The summed E-state index contributed by atoms with van der Waals surface area (Å²) in [6.07, 6.45) is 5.55. The Morgan fingerprint density at radius 1 is 1.12 bits per heavy atom. The molecular weight excluding hydrogens is 338 g/mol. The molecular formula is C18H19N3O3S. The van der Waals surface area contributed by atoms with Crippen molar-refractivity contribution in [2.24, 2.45) is 16.8 Å². The lowest BCUT2D eigenvalue weighted by molar-refractivity contribution is -0.144. The van der Waals surface area contributed by atoms with Crippen LogP contribution in [0, 0.1) is 11.8 Å². The lowest BCUT2D eigenvalue weighted by Crippen LogP contribution is -2.53. The minimum atomic E-state index is -0.807. The van der Waals surface area contributed by atoms with Gasteiger partial charge in [0.1, 0.15) is 5.92 Å². The van der Waals surface area contributed by atoms with Crippen molar-refractivity contribution >= 4 is 35.3 Å². The molecule has 25 heavy (non-hydrogen) atoms. The molecule has 0 aromatic carbocycles. The molecule has 1 aromatic rings. The third kappa shape index (κ3) is 3.16. The van der Waals surface area contributed by atoms with E-state index in [0.29, 0.717) is 32.1 Å². The van der Waals surface area contributed by atoms with E-state index >= 15 is 0 Å². The number of piperazine rings is 1. The smallest absolute Gasteiger partial charge is 0.262 e. The van der Waals surface area contributed by atoms with Gasteiger partial charge in [-0.25, -0.2) is 4.99 Å². The van der Waals surface area contributed by atoms with Gasteiger partial charge in [0.05, 0.1) is 0 Å². The number of carbonyl (C=O) groups excluding carboxylic acids is 3. The summed E-state index contributed by atoms with van der Waals surface area (Å²) < 4.78 is 0. The van der Waals surface area contributed by atoms with E-state index in [1.807, 2.05) is 16.3 Å². The van der Waals surface area contributed by atoms with Gasteiger partial charge in [-0.3, -0.25) is 14.4 Å². The normalized spacial score (nSPS) is 28.3. The van der Waals surface area contributed by atoms with Gasteiger partial charge in [-0.1, -0.05) is 12.1 Å². The van der Waals surface area contributed by atoms with Crippen LogP contribution in [0.1, 0.15) is 17.2 Å². The van der Waals surface area contributed by atoms with Crippen molar-refractivity contribution in [3.05, 3.63) is 34.5 Å². The van der Waals surface area contributed by atoms with Crippen LogP contribution in [0.3, 0.4) is 0 Å².